The van der Waals surface area contributed by atoms with Crippen LogP contribution in [0.25, 0.3) is 0 Å². The number of ether oxygens (including phenoxy) is 1. The van der Waals surface area contributed by atoms with Gasteiger partial charge >= 0.3 is 5.97 Å². The van der Waals surface area contributed by atoms with Gasteiger partial charge in [0, 0.05) is 32.2 Å². The molecule has 0 aromatic heterocycles. The molecular formula is C9H18N2O2. The number of hydrogen-bond acceptors (Lipinski definition) is 4. The first kappa shape index (κ1) is 10.5. The molecule has 1 unspecified atom stereocenters. The number of carbonyl (C=O) groups excluding carboxylic acids is 1. The number of rotatable bonds is 3. The van der Waals surface area contributed by atoms with E-state index in [0.29, 0.717) is 12.5 Å². The maximum absolute atomic E-state index is 10.9. The predicted molar refractivity (Wildman–Crippen MR) is 50.5 cm³/mol. The van der Waals surface area contributed by atoms with E-state index < -0.39 is 0 Å². The highest BCUT2D eigenvalue weighted by Gasteiger charge is 2.15. The van der Waals surface area contributed by atoms with E-state index in [2.05, 4.69) is 21.9 Å². The van der Waals surface area contributed by atoms with Gasteiger partial charge in [-0.2, -0.15) is 0 Å². The van der Waals surface area contributed by atoms with Crippen LogP contribution in [0.1, 0.15) is 13.3 Å². The van der Waals surface area contributed by atoms with Gasteiger partial charge in [0.05, 0.1) is 13.5 Å². The first-order chi connectivity index (χ1) is 6.22. The lowest BCUT2D eigenvalue weighted by Crippen LogP contribution is -2.49. The van der Waals surface area contributed by atoms with E-state index in [1.165, 1.54) is 7.11 Å². The molecule has 0 radical (unpaired) electrons. The van der Waals surface area contributed by atoms with Crippen molar-refractivity contribution in [3.05, 3.63) is 0 Å². The van der Waals surface area contributed by atoms with Crippen LogP contribution in [0.4, 0.5) is 0 Å². The quantitative estimate of drug-likeness (QED) is 0.622. The van der Waals surface area contributed by atoms with Crippen LogP contribution >= 0.6 is 0 Å². The van der Waals surface area contributed by atoms with Gasteiger partial charge in [0.15, 0.2) is 0 Å². The Morgan fingerprint density at radius 3 is 3.08 bits per heavy atom. The molecule has 0 spiro atoms. The second kappa shape index (κ2) is 5.19. The number of esters is 1. The Kier molecular flexibility index (Phi) is 4.18. The van der Waals surface area contributed by atoms with Crippen LogP contribution in [0, 0.1) is 0 Å². The van der Waals surface area contributed by atoms with Crippen molar-refractivity contribution in [2.75, 3.05) is 33.3 Å². The Bertz CT molecular complexity index is 173. The summed E-state index contributed by atoms with van der Waals surface area (Å²) < 4.78 is 4.59. The van der Waals surface area contributed by atoms with E-state index in [0.717, 1.165) is 26.2 Å². The van der Waals surface area contributed by atoms with E-state index in [9.17, 15) is 4.79 Å². The second-order valence-electron chi connectivity index (χ2n) is 3.48. The second-order valence-corrected chi connectivity index (χ2v) is 3.48. The van der Waals surface area contributed by atoms with Gasteiger partial charge in [-0.25, -0.2) is 0 Å². The molecule has 1 heterocycles. The lowest BCUT2D eigenvalue weighted by molar-refractivity contribution is -0.141. The molecule has 76 valence electrons. The maximum Gasteiger partial charge on any atom is 0.306 e. The van der Waals surface area contributed by atoms with Gasteiger partial charge in [0.2, 0.25) is 0 Å². The topological polar surface area (TPSA) is 41.6 Å². The molecule has 1 aliphatic heterocycles. The van der Waals surface area contributed by atoms with Gasteiger partial charge in [-0.3, -0.25) is 9.69 Å². The number of piperazine rings is 1. The van der Waals surface area contributed by atoms with Crippen LogP contribution in [0.2, 0.25) is 0 Å². The predicted octanol–water partition coefficient (Wildman–Crippen LogP) is -0.157. The highest BCUT2D eigenvalue weighted by atomic mass is 16.5. The van der Waals surface area contributed by atoms with Crippen molar-refractivity contribution >= 4 is 5.97 Å². The van der Waals surface area contributed by atoms with Gasteiger partial charge in [-0.1, -0.05) is 0 Å². The van der Waals surface area contributed by atoms with Crippen molar-refractivity contribution in [2.24, 2.45) is 0 Å². The maximum atomic E-state index is 10.9. The first-order valence-corrected chi connectivity index (χ1v) is 4.75. The minimum Gasteiger partial charge on any atom is -0.469 e. The molecule has 1 atom stereocenters. The Morgan fingerprint density at radius 1 is 1.69 bits per heavy atom. The smallest absolute Gasteiger partial charge is 0.306 e. The Labute approximate surface area is 79.2 Å². The van der Waals surface area contributed by atoms with Crippen LogP contribution in [0.15, 0.2) is 0 Å². The summed E-state index contributed by atoms with van der Waals surface area (Å²) in [4.78, 5) is 13.2. The Hall–Kier alpha value is -0.610. The molecule has 0 bridgehead atoms. The normalized spacial score (nSPS) is 24.3. The zero-order chi connectivity index (χ0) is 9.68. The molecule has 1 rings (SSSR count). The number of nitrogens with one attached hydrogen (secondary N) is 1. The molecule has 1 aliphatic rings. The zero-order valence-corrected chi connectivity index (χ0v) is 8.38. The van der Waals surface area contributed by atoms with Gasteiger partial charge in [-0.15, -0.1) is 0 Å². The number of methoxy groups -OCH3 is 1. The third-order valence-corrected chi connectivity index (χ3v) is 2.31. The van der Waals surface area contributed by atoms with E-state index in [-0.39, 0.29) is 5.97 Å². The molecule has 0 aliphatic carbocycles. The molecule has 1 fully saturated rings. The average Bonchev–Trinajstić information content (AvgIpc) is 2.14. The fourth-order valence-corrected chi connectivity index (χ4v) is 1.57. The zero-order valence-electron chi connectivity index (χ0n) is 8.38. The summed E-state index contributed by atoms with van der Waals surface area (Å²) in [5, 5.41) is 3.36. The molecule has 0 amide bonds. The van der Waals surface area contributed by atoms with Crippen LogP contribution < -0.4 is 5.32 Å². The summed E-state index contributed by atoms with van der Waals surface area (Å²) in [7, 11) is 1.43. The first-order valence-electron chi connectivity index (χ1n) is 4.75. The molecule has 4 nitrogen and oxygen atoms in total. The molecule has 0 aromatic rings. The molecule has 4 heteroatoms. The summed E-state index contributed by atoms with van der Waals surface area (Å²) >= 11 is 0. The van der Waals surface area contributed by atoms with Crippen LogP contribution in [0.3, 0.4) is 0 Å². The van der Waals surface area contributed by atoms with Crippen LogP contribution in [-0.2, 0) is 9.53 Å². The molecule has 13 heavy (non-hydrogen) atoms. The average molecular weight is 186 g/mol. The van der Waals surface area contributed by atoms with Crippen molar-refractivity contribution in [3.8, 4) is 0 Å². The third-order valence-electron chi connectivity index (χ3n) is 2.31. The van der Waals surface area contributed by atoms with Crippen molar-refractivity contribution in [1.29, 1.82) is 0 Å². The highest BCUT2D eigenvalue weighted by Crippen LogP contribution is 1.99. The summed E-state index contributed by atoms with van der Waals surface area (Å²) in [6.45, 7) is 6.05. The number of nitrogens with zero attached hydrogens (tertiary/aromatic N) is 1. The van der Waals surface area contributed by atoms with Gasteiger partial charge in [0.1, 0.15) is 0 Å². The van der Waals surface area contributed by atoms with Gasteiger partial charge < -0.3 is 10.1 Å². The lowest BCUT2D eigenvalue weighted by atomic mass is 10.2. The summed E-state index contributed by atoms with van der Waals surface area (Å²) in [6.07, 6.45) is 0.503. The van der Waals surface area contributed by atoms with Crippen LogP contribution in [-0.4, -0.2) is 50.2 Å². The Balaban J connectivity index is 2.17. The number of carbonyl (C=O) groups is 1. The molecule has 1 saturated heterocycles. The van der Waals surface area contributed by atoms with E-state index in [4.69, 9.17) is 0 Å². The number of hydrogen-bond donors (Lipinski definition) is 1. The summed E-state index contributed by atoms with van der Waals surface area (Å²) in [6, 6.07) is 0.534. The third kappa shape index (κ3) is 3.74. The van der Waals surface area contributed by atoms with Gasteiger partial charge in [0.25, 0.3) is 0 Å². The van der Waals surface area contributed by atoms with Crippen molar-refractivity contribution < 1.29 is 9.53 Å². The summed E-state index contributed by atoms with van der Waals surface area (Å²) in [5.41, 5.74) is 0. The largest absolute Gasteiger partial charge is 0.469 e. The van der Waals surface area contributed by atoms with Crippen LogP contribution in [0.5, 0.6) is 0 Å². The van der Waals surface area contributed by atoms with Crippen molar-refractivity contribution in [3.63, 3.8) is 0 Å². The summed E-state index contributed by atoms with van der Waals surface area (Å²) in [5.74, 6) is -0.119. The Morgan fingerprint density at radius 2 is 2.46 bits per heavy atom. The monoisotopic (exact) mass is 186 g/mol. The van der Waals surface area contributed by atoms with Crippen molar-refractivity contribution in [1.82, 2.24) is 10.2 Å². The van der Waals surface area contributed by atoms with E-state index in [1.807, 2.05) is 0 Å². The fourth-order valence-electron chi connectivity index (χ4n) is 1.57. The molecule has 1 N–H and O–H groups in total. The lowest BCUT2D eigenvalue weighted by Gasteiger charge is -2.31. The van der Waals surface area contributed by atoms with E-state index >= 15 is 0 Å². The SMILES string of the molecule is COC(=O)CCN1CCNC(C)C1. The minimum absolute atomic E-state index is 0.119. The fraction of sp³-hybridized carbons (Fsp3) is 0.889. The molecular weight excluding hydrogens is 168 g/mol. The molecule has 0 saturated carbocycles. The highest BCUT2D eigenvalue weighted by molar-refractivity contribution is 5.69. The van der Waals surface area contributed by atoms with Gasteiger partial charge in [-0.05, 0) is 6.92 Å². The van der Waals surface area contributed by atoms with Crippen molar-refractivity contribution in [2.45, 2.75) is 19.4 Å². The minimum atomic E-state index is -0.119. The van der Waals surface area contributed by atoms with E-state index in [1.54, 1.807) is 0 Å². The molecule has 0 aromatic carbocycles. The standard InChI is InChI=1S/C9H18N2O2/c1-8-7-11(6-4-10-8)5-3-9(12)13-2/h8,10H,3-7H2,1-2H3.